The average Bonchev–Trinajstić information content (AvgIpc) is 2.59. The SMILES string of the molecule is CC(C)(C)NC(=O)COC(=O)c1cc(S(=O)(=O)N2CCOCC2)ccc1F. The van der Waals surface area contributed by atoms with E-state index in [2.05, 4.69) is 5.32 Å². The second-order valence-corrected chi connectivity index (χ2v) is 8.97. The number of carbonyl (C=O) groups excluding carboxylic acids is 2. The van der Waals surface area contributed by atoms with Crippen LogP contribution in [0.25, 0.3) is 0 Å². The summed E-state index contributed by atoms with van der Waals surface area (Å²) >= 11 is 0. The van der Waals surface area contributed by atoms with Gasteiger partial charge < -0.3 is 14.8 Å². The Balaban J connectivity index is 2.14. The van der Waals surface area contributed by atoms with Gasteiger partial charge in [0.25, 0.3) is 5.91 Å². The molecule has 0 atom stereocenters. The first-order chi connectivity index (χ1) is 12.5. The highest BCUT2D eigenvalue weighted by atomic mass is 32.2. The first-order valence-corrected chi connectivity index (χ1v) is 9.80. The zero-order valence-electron chi connectivity index (χ0n) is 15.5. The normalized spacial score (nSPS) is 16.0. The predicted molar refractivity (Wildman–Crippen MR) is 94.2 cm³/mol. The van der Waals surface area contributed by atoms with Crippen LogP contribution in [0.2, 0.25) is 0 Å². The topological polar surface area (TPSA) is 102 Å². The molecule has 0 saturated carbocycles. The molecule has 0 radical (unpaired) electrons. The van der Waals surface area contributed by atoms with Crippen LogP contribution in [-0.4, -0.2) is 63.0 Å². The lowest BCUT2D eigenvalue weighted by Crippen LogP contribution is -2.42. The third-order valence-corrected chi connectivity index (χ3v) is 5.51. The summed E-state index contributed by atoms with van der Waals surface area (Å²) in [5.41, 5.74) is -1.06. The minimum absolute atomic E-state index is 0.173. The van der Waals surface area contributed by atoms with Gasteiger partial charge in [0.2, 0.25) is 10.0 Å². The van der Waals surface area contributed by atoms with Gasteiger partial charge in [0.15, 0.2) is 6.61 Å². The molecule has 1 aliphatic heterocycles. The van der Waals surface area contributed by atoms with Crippen LogP contribution >= 0.6 is 0 Å². The summed E-state index contributed by atoms with van der Waals surface area (Å²) < 4.78 is 50.4. The third-order valence-electron chi connectivity index (χ3n) is 3.61. The zero-order chi connectivity index (χ0) is 20.2. The van der Waals surface area contributed by atoms with Crippen LogP contribution in [0, 0.1) is 5.82 Å². The van der Waals surface area contributed by atoms with Crippen molar-refractivity contribution in [1.29, 1.82) is 0 Å². The second-order valence-electron chi connectivity index (χ2n) is 7.03. The Morgan fingerprint density at radius 2 is 1.89 bits per heavy atom. The molecule has 2 rings (SSSR count). The Hall–Kier alpha value is -2.04. The summed E-state index contributed by atoms with van der Waals surface area (Å²) in [5.74, 6) is -2.60. The quantitative estimate of drug-likeness (QED) is 0.735. The van der Waals surface area contributed by atoms with Gasteiger partial charge in [0.1, 0.15) is 5.82 Å². The van der Waals surface area contributed by atoms with Crippen molar-refractivity contribution >= 4 is 21.9 Å². The lowest BCUT2D eigenvalue weighted by atomic mass is 10.1. The number of esters is 1. The molecule has 1 aliphatic rings. The molecule has 1 N–H and O–H groups in total. The van der Waals surface area contributed by atoms with E-state index in [4.69, 9.17) is 9.47 Å². The van der Waals surface area contributed by atoms with E-state index in [1.54, 1.807) is 20.8 Å². The lowest BCUT2D eigenvalue weighted by Gasteiger charge is -2.26. The van der Waals surface area contributed by atoms with E-state index in [0.717, 1.165) is 18.2 Å². The molecule has 1 fully saturated rings. The molecule has 0 aliphatic carbocycles. The molecule has 0 spiro atoms. The Morgan fingerprint density at radius 3 is 2.48 bits per heavy atom. The van der Waals surface area contributed by atoms with Crippen molar-refractivity contribution < 1.29 is 31.9 Å². The highest BCUT2D eigenvalue weighted by molar-refractivity contribution is 7.89. The number of hydrogen-bond acceptors (Lipinski definition) is 6. The molecule has 8 nitrogen and oxygen atoms in total. The molecule has 1 aromatic carbocycles. The lowest BCUT2D eigenvalue weighted by molar-refractivity contribution is -0.125. The molecular weight excluding hydrogens is 379 g/mol. The Morgan fingerprint density at radius 1 is 1.26 bits per heavy atom. The minimum Gasteiger partial charge on any atom is -0.452 e. The summed E-state index contributed by atoms with van der Waals surface area (Å²) in [5, 5.41) is 2.59. The van der Waals surface area contributed by atoms with E-state index in [1.807, 2.05) is 0 Å². The van der Waals surface area contributed by atoms with Gasteiger partial charge in [-0.2, -0.15) is 4.31 Å². The smallest absolute Gasteiger partial charge is 0.341 e. The molecule has 150 valence electrons. The van der Waals surface area contributed by atoms with E-state index < -0.39 is 45.4 Å². The van der Waals surface area contributed by atoms with E-state index in [-0.39, 0.29) is 31.2 Å². The van der Waals surface area contributed by atoms with Gasteiger partial charge >= 0.3 is 5.97 Å². The highest BCUT2D eigenvalue weighted by Crippen LogP contribution is 2.21. The number of morpholine rings is 1. The van der Waals surface area contributed by atoms with Gasteiger partial charge in [-0.25, -0.2) is 17.6 Å². The fourth-order valence-electron chi connectivity index (χ4n) is 2.42. The molecule has 0 bridgehead atoms. The number of amides is 1. The molecule has 1 aromatic rings. The van der Waals surface area contributed by atoms with Gasteiger partial charge in [0, 0.05) is 18.6 Å². The van der Waals surface area contributed by atoms with Crippen molar-refractivity contribution in [3.05, 3.63) is 29.6 Å². The number of carbonyl (C=O) groups is 2. The molecule has 0 unspecified atom stereocenters. The van der Waals surface area contributed by atoms with Crippen LogP contribution in [0.4, 0.5) is 4.39 Å². The van der Waals surface area contributed by atoms with Crippen LogP contribution in [0.3, 0.4) is 0 Å². The number of sulfonamides is 1. The van der Waals surface area contributed by atoms with Crippen LogP contribution in [0.1, 0.15) is 31.1 Å². The highest BCUT2D eigenvalue weighted by Gasteiger charge is 2.28. The average molecular weight is 402 g/mol. The van der Waals surface area contributed by atoms with Crippen LogP contribution in [0.5, 0.6) is 0 Å². The molecule has 10 heteroatoms. The van der Waals surface area contributed by atoms with Gasteiger partial charge in [-0.3, -0.25) is 4.79 Å². The summed E-state index contributed by atoms with van der Waals surface area (Å²) in [4.78, 5) is 23.6. The molecule has 0 aromatic heterocycles. The monoisotopic (exact) mass is 402 g/mol. The van der Waals surface area contributed by atoms with Gasteiger partial charge in [-0.15, -0.1) is 0 Å². The maximum Gasteiger partial charge on any atom is 0.341 e. The number of nitrogens with zero attached hydrogens (tertiary/aromatic N) is 1. The van der Waals surface area contributed by atoms with Crippen molar-refractivity contribution in [3.63, 3.8) is 0 Å². The predicted octanol–water partition coefficient (Wildman–Crippen LogP) is 0.918. The summed E-state index contributed by atoms with van der Waals surface area (Å²) in [6, 6.07) is 2.90. The van der Waals surface area contributed by atoms with Crippen molar-refractivity contribution in [3.8, 4) is 0 Å². The van der Waals surface area contributed by atoms with Crippen molar-refractivity contribution in [2.45, 2.75) is 31.2 Å². The molecule has 1 heterocycles. The van der Waals surface area contributed by atoms with Crippen molar-refractivity contribution in [2.24, 2.45) is 0 Å². The summed E-state index contributed by atoms with van der Waals surface area (Å²) in [6.45, 7) is 5.54. The fourth-order valence-corrected chi connectivity index (χ4v) is 3.86. The van der Waals surface area contributed by atoms with Crippen LogP contribution in [-0.2, 0) is 24.3 Å². The van der Waals surface area contributed by atoms with Gasteiger partial charge in [-0.05, 0) is 39.0 Å². The largest absolute Gasteiger partial charge is 0.452 e. The summed E-state index contributed by atoms with van der Waals surface area (Å²) in [6.07, 6.45) is 0. The Bertz CT molecular complexity index is 813. The number of benzene rings is 1. The first-order valence-electron chi connectivity index (χ1n) is 8.36. The van der Waals surface area contributed by atoms with E-state index in [9.17, 15) is 22.4 Å². The van der Waals surface area contributed by atoms with Gasteiger partial charge in [0.05, 0.1) is 23.7 Å². The Kier molecular flexibility index (Phi) is 6.55. The van der Waals surface area contributed by atoms with E-state index >= 15 is 0 Å². The number of halogens is 1. The molecule has 27 heavy (non-hydrogen) atoms. The Labute approximate surface area is 157 Å². The fraction of sp³-hybridized carbons (Fsp3) is 0.529. The van der Waals surface area contributed by atoms with Crippen molar-refractivity contribution in [1.82, 2.24) is 9.62 Å². The molecule has 1 saturated heterocycles. The molecular formula is C17H23FN2O6S. The van der Waals surface area contributed by atoms with Crippen LogP contribution in [0.15, 0.2) is 23.1 Å². The van der Waals surface area contributed by atoms with E-state index in [0.29, 0.717) is 0 Å². The van der Waals surface area contributed by atoms with E-state index in [1.165, 1.54) is 4.31 Å². The second kappa shape index (κ2) is 8.32. The molecule has 1 amide bonds. The maximum absolute atomic E-state index is 14.0. The van der Waals surface area contributed by atoms with Crippen LogP contribution < -0.4 is 5.32 Å². The first kappa shape index (κ1) is 21.3. The number of nitrogens with one attached hydrogen (secondary N) is 1. The number of ether oxygens (including phenoxy) is 2. The maximum atomic E-state index is 14.0. The standard InChI is InChI=1S/C17H23FN2O6S/c1-17(2,3)19-15(21)11-26-16(22)13-10-12(4-5-14(13)18)27(23,24)20-6-8-25-9-7-20/h4-5,10H,6-9,11H2,1-3H3,(H,19,21). The zero-order valence-corrected chi connectivity index (χ0v) is 16.3. The van der Waals surface area contributed by atoms with Gasteiger partial charge in [-0.1, -0.05) is 0 Å². The number of hydrogen-bond donors (Lipinski definition) is 1. The summed E-state index contributed by atoms with van der Waals surface area (Å²) in [7, 11) is -3.89. The minimum atomic E-state index is -3.89. The third kappa shape index (κ3) is 5.72. The number of rotatable bonds is 5. The van der Waals surface area contributed by atoms with Crippen molar-refractivity contribution in [2.75, 3.05) is 32.9 Å².